The van der Waals surface area contributed by atoms with Gasteiger partial charge < -0.3 is 10.4 Å². The van der Waals surface area contributed by atoms with Crippen LogP contribution in [-0.2, 0) is 9.59 Å². The van der Waals surface area contributed by atoms with Crippen LogP contribution in [0, 0.1) is 0 Å². The van der Waals surface area contributed by atoms with Gasteiger partial charge in [-0.3, -0.25) is 19.4 Å². The van der Waals surface area contributed by atoms with Gasteiger partial charge in [0.25, 0.3) is 0 Å². The first kappa shape index (κ1) is 19.7. The zero-order valence-corrected chi connectivity index (χ0v) is 15.5. The van der Waals surface area contributed by atoms with Crippen LogP contribution in [0.5, 0.6) is 0 Å². The van der Waals surface area contributed by atoms with Crippen molar-refractivity contribution in [1.82, 2.24) is 15.1 Å². The summed E-state index contributed by atoms with van der Waals surface area (Å²) in [4.78, 5) is 27.1. The molecule has 1 aromatic carbocycles. The second-order valence-electron chi connectivity index (χ2n) is 6.51. The lowest BCUT2D eigenvalue weighted by Gasteiger charge is -2.29. The van der Waals surface area contributed by atoms with E-state index in [1.807, 2.05) is 24.3 Å². The predicted molar refractivity (Wildman–Crippen MR) is 97.7 cm³/mol. The van der Waals surface area contributed by atoms with Crippen LogP contribution in [0.1, 0.15) is 31.4 Å². The number of likely N-dealkylation sites (N-methyl/N-ethyl adjacent to an activating group) is 1. The molecule has 2 rings (SSSR count). The molecular weight excluding hydrogens is 342 g/mol. The Labute approximate surface area is 153 Å². The van der Waals surface area contributed by atoms with E-state index in [-0.39, 0.29) is 18.5 Å². The Morgan fingerprint density at radius 2 is 1.96 bits per heavy atom. The molecule has 25 heavy (non-hydrogen) atoms. The van der Waals surface area contributed by atoms with Gasteiger partial charge in [0.2, 0.25) is 5.91 Å². The van der Waals surface area contributed by atoms with Crippen LogP contribution in [0.15, 0.2) is 24.3 Å². The molecule has 0 bridgehead atoms. The van der Waals surface area contributed by atoms with E-state index in [9.17, 15) is 9.59 Å². The molecule has 1 heterocycles. The van der Waals surface area contributed by atoms with E-state index in [2.05, 4.69) is 10.2 Å². The van der Waals surface area contributed by atoms with Gasteiger partial charge in [-0.2, -0.15) is 0 Å². The summed E-state index contributed by atoms with van der Waals surface area (Å²) in [6, 6.07) is 7.04. The van der Waals surface area contributed by atoms with E-state index in [1.165, 1.54) is 4.90 Å². The molecule has 6 nitrogen and oxygen atoms in total. The average Bonchev–Trinajstić information content (AvgIpc) is 3.10. The number of aliphatic carboxylic acids is 1. The highest BCUT2D eigenvalue weighted by Gasteiger charge is 2.26. The quantitative estimate of drug-likeness (QED) is 0.735. The molecule has 0 aliphatic carbocycles. The Balaban J connectivity index is 1.99. The molecule has 138 valence electrons. The van der Waals surface area contributed by atoms with Crippen molar-refractivity contribution in [1.29, 1.82) is 0 Å². The minimum Gasteiger partial charge on any atom is -0.480 e. The average molecular weight is 368 g/mol. The highest BCUT2D eigenvalue weighted by atomic mass is 35.5. The van der Waals surface area contributed by atoms with Gasteiger partial charge in [0.15, 0.2) is 0 Å². The number of carbonyl (C=O) groups excluding carboxylic acids is 1. The first-order valence-electron chi connectivity index (χ1n) is 8.58. The smallest absolute Gasteiger partial charge is 0.320 e. The Kier molecular flexibility index (Phi) is 7.23. The van der Waals surface area contributed by atoms with Crippen LogP contribution in [0.3, 0.4) is 0 Å². The molecule has 0 radical (unpaired) electrons. The van der Waals surface area contributed by atoms with Crippen molar-refractivity contribution < 1.29 is 14.7 Å². The third-order valence-electron chi connectivity index (χ3n) is 4.75. The van der Waals surface area contributed by atoms with Crippen molar-refractivity contribution in [2.75, 3.05) is 33.2 Å². The number of carbonyl (C=O) groups is 2. The fraction of sp³-hybridized carbons (Fsp3) is 0.556. The van der Waals surface area contributed by atoms with Gasteiger partial charge >= 0.3 is 5.97 Å². The summed E-state index contributed by atoms with van der Waals surface area (Å²) in [5, 5.41) is 12.6. The summed E-state index contributed by atoms with van der Waals surface area (Å²) >= 11 is 6.36. The zero-order valence-electron chi connectivity index (χ0n) is 14.7. The van der Waals surface area contributed by atoms with Gasteiger partial charge in [-0.15, -0.1) is 0 Å². The summed E-state index contributed by atoms with van der Waals surface area (Å²) in [6.07, 6.45) is 2.29. The fourth-order valence-electron chi connectivity index (χ4n) is 3.05. The third-order valence-corrected chi connectivity index (χ3v) is 5.09. The first-order valence-corrected chi connectivity index (χ1v) is 8.96. The molecule has 2 atom stereocenters. The highest BCUT2D eigenvalue weighted by Crippen LogP contribution is 2.29. The van der Waals surface area contributed by atoms with Crippen LogP contribution in [0.4, 0.5) is 0 Å². The lowest BCUT2D eigenvalue weighted by atomic mass is 10.1. The number of nitrogens with one attached hydrogen (secondary N) is 1. The van der Waals surface area contributed by atoms with E-state index in [1.54, 1.807) is 14.0 Å². The number of hydrogen-bond donors (Lipinski definition) is 2. The number of amides is 1. The van der Waals surface area contributed by atoms with Gasteiger partial charge in [-0.05, 0) is 51.5 Å². The number of halogens is 1. The summed E-state index contributed by atoms with van der Waals surface area (Å²) in [7, 11) is 1.63. The van der Waals surface area contributed by atoms with Gasteiger partial charge in [-0.25, -0.2) is 0 Å². The molecule has 0 aromatic heterocycles. The molecule has 2 unspecified atom stereocenters. The number of rotatable bonds is 8. The molecule has 1 amide bonds. The topological polar surface area (TPSA) is 72.9 Å². The SMILES string of the molecule is CC(C(=O)O)N(C)CC(=O)NCC(c1ccccc1Cl)N1CCCC1. The number of carboxylic acids is 1. The third kappa shape index (κ3) is 5.42. The lowest BCUT2D eigenvalue weighted by Crippen LogP contribution is -2.44. The number of nitrogens with zero attached hydrogens (tertiary/aromatic N) is 2. The summed E-state index contributed by atoms with van der Waals surface area (Å²) in [6.45, 7) is 4.04. The van der Waals surface area contributed by atoms with Crippen LogP contribution in [0.25, 0.3) is 0 Å². The zero-order chi connectivity index (χ0) is 18.4. The fourth-order valence-corrected chi connectivity index (χ4v) is 3.31. The Bertz CT molecular complexity index is 605. The van der Waals surface area contributed by atoms with Gasteiger partial charge in [-0.1, -0.05) is 29.8 Å². The maximum atomic E-state index is 12.2. The molecule has 1 aliphatic rings. The second-order valence-corrected chi connectivity index (χ2v) is 6.92. The number of benzene rings is 1. The van der Waals surface area contributed by atoms with E-state index in [0.717, 1.165) is 31.5 Å². The lowest BCUT2D eigenvalue weighted by molar-refractivity contribution is -0.142. The Morgan fingerprint density at radius 3 is 2.56 bits per heavy atom. The summed E-state index contributed by atoms with van der Waals surface area (Å²) in [5.74, 6) is -1.13. The molecular formula is C18H26ClN3O3. The maximum absolute atomic E-state index is 12.2. The highest BCUT2D eigenvalue weighted by molar-refractivity contribution is 6.31. The molecule has 0 spiro atoms. The monoisotopic (exact) mass is 367 g/mol. The van der Waals surface area contributed by atoms with Crippen LogP contribution in [-0.4, -0.2) is 66.1 Å². The van der Waals surface area contributed by atoms with Gasteiger partial charge in [0.1, 0.15) is 6.04 Å². The van der Waals surface area contributed by atoms with E-state index >= 15 is 0 Å². The van der Waals surface area contributed by atoms with Crippen LogP contribution in [0.2, 0.25) is 5.02 Å². The largest absolute Gasteiger partial charge is 0.480 e. The maximum Gasteiger partial charge on any atom is 0.320 e. The van der Waals surface area contributed by atoms with Crippen LogP contribution >= 0.6 is 11.6 Å². The Morgan fingerprint density at radius 1 is 1.32 bits per heavy atom. The molecule has 7 heteroatoms. The summed E-state index contributed by atoms with van der Waals surface area (Å²) in [5.41, 5.74) is 1.01. The van der Waals surface area contributed by atoms with Crippen molar-refractivity contribution >= 4 is 23.5 Å². The van der Waals surface area contributed by atoms with Crippen molar-refractivity contribution in [3.63, 3.8) is 0 Å². The van der Waals surface area contributed by atoms with Gasteiger partial charge in [0.05, 0.1) is 12.6 Å². The summed E-state index contributed by atoms with van der Waals surface area (Å²) < 4.78 is 0. The van der Waals surface area contributed by atoms with Crippen molar-refractivity contribution in [3.05, 3.63) is 34.9 Å². The molecule has 1 aromatic rings. The molecule has 1 saturated heterocycles. The first-order chi connectivity index (χ1) is 11.9. The minimum atomic E-state index is -0.943. The van der Waals surface area contributed by atoms with E-state index in [0.29, 0.717) is 11.6 Å². The normalized spacial score (nSPS) is 17.4. The number of likely N-dealkylation sites (tertiary alicyclic amines) is 1. The van der Waals surface area contributed by atoms with Crippen molar-refractivity contribution in [2.24, 2.45) is 0 Å². The van der Waals surface area contributed by atoms with Gasteiger partial charge in [0, 0.05) is 11.6 Å². The number of carboxylic acid groups (broad SMARTS) is 1. The van der Waals surface area contributed by atoms with E-state index in [4.69, 9.17) is 16.7 Å². The predicted octanol–water partition coefficient (Wildman–Crippen LogP) is 2.00. The van der Waals surface area contributed by atoms with Crippen molar-refractivity contribution in [2.45, 2.75) is 31.8 Å². The minimum absolute atomic E-state index is 0.0300. The van der Waals surface area contributed by atoms with Crippen molar-refractivity contribution in [3.8, 4) is 0 Å². The Hall–Kier alpha value is -1.63. The standard InChI is InChI=1S/C18H26ClN3O3/c1-13(18(24)25)21(2)12-17(23)20-11-16(22-9-5-6-10-22)14-7-3-4-8-15(14)19/h3-4,7-8,13,16H,5-6,9-12H2,1-2H3,(H,20,23)(H,24,25). The molecule has 1 fully saturated rings. The van der Waals surface area contributed by atoms with E-state index < -0.39 is 12.0 Å². The number of hydrogen-bond acceptors (Lipinski definition) is 4. The van der Waals surface area contributed by atoms with Crippen LogP contribution < -0.4 is 5.32 Å². The molecule has 0 saturated carbocycles. The molecule has 2 N–H and O–H groups in total. The second kappa shape index (κ2) is 9.17. The molecule has 1 aliphatic heterocycles.